The van der Waals surface area contributed by atoms with E-state index in [0.29, 0.717) is 9.16 Å². The molecule has 2 aromatic rings. The monoisotopic (exact) mass is 234 g/mol. The van der Waals surface area contributed by atoms with Gasteiger partial charge in [-0.05, 0) is 6.07 Å². The highest BCUT2D eigenvalue weighted by atomic mass is 16.5. The number of aliphatic hydroxyl groups excluding tert-OH is 1. The second-order valence-corrected chi connectivity index (χ2v) is 3.59. The van der Waals surface area contributed by atoms with Gasteiger partial charge in [-0.25, -0.2) is 0 Å². The van der Waals surface area contributed by atoms with Crippen LogP contribution in [0.1, 0.15) is 23.1 Å². The molecule has 0 amide bonds. The van der Waals surface area contributed by atoms with E-state index in [1.807, 2.05) is 0 Å². The van der Waals surface area contributed by atoms with Crippen LogP contribution in [0, 0.1) is 10.1 Å². The van der Waals surface area contributed by atoms with Crippen molar-refractivity contribution in [2.45, 2.75) is 13.5 Å². The van der Waals surface area contributed by atoms with Gasteiger partial charge in [0.2, 0.25) is 5.78 Å². The predicted molar refractivity (Wildman–Crippen MR) is 60.0 cm³/mol. The van der Waals surface area contributed by atoms with E-state index >= 15 is 0 Å². The van der Waals surface area contributed by atoms with E-state index in [0.717, 1.165) is 0 Å². The summed E-state index contributed by atoms with van der Waals surface area (Å²) in [7, 11) is 0. The number of carbonyl (C=O) groups excluding carboxylic acids is 1. The van der Waals surface area contributed by atoms with Crippen molar-refractivity contribution in [1.82, 2.24) is 4.73 Å². The lowest BCUT2D eigenvalue weighted by molar-refractivity contribution is -0.468. The van der Waals surface area contributed by atoms with E-state index in [4.69, 9.17) is 5.11 Å². The Bertz CT molecular complexity index is 660. The first-order chi connectivity index (χ1) is 8.07. The summed E-state index contributed by atoms with van der Waals surface area (Å²) in [5.41, 5.74) is -0.325. The van der Waals surface area contributed by atoms with E-state index in [-0.39, 0.29) is 22.4 Å². The SMILES string of the molecule is CC(=O)c1c(CO)n([O-])c2ccccc2[n+]1=O. The lowest BCUT2D eigenvalue weighted by Gasteiger charge is -2.16. The van der Waals surface area contributed by atoms with Crippen molar-refractivity contribution < 1.29 is 14.3 Å². The highest BCUT2D eigenvalue weighted by molar-refractivity contribution is 5.92. The average molecular weight is 234 g/mol. The van der Waals surface area contributed by atoms with E-state index in [1.54, 1.807) is 12.1 Å². The van der Waals surface area contributed by atoms with Gasteiger partial charge < -0.3 is 15.0 Å². The van der Waals surface area contributed by atoms with Gasteiger partial charge >= 0.3 is 5.69 Å². The van der Waals surface area contributed by atoms with Gasteiger partial charge in [-0.15, -0.1) is 0 Å². The third kappa shape index (κ3) is 1.58. The van der Waals surface area contributed by atoms with Gasteiger partial charge in [-0.1, -0.05) is 12.1 Å². The van der Waals surface area contributed by atoms with Gasteiger partial charge in [-0.3, -0.25) is 4.79 Å². The third-order valence-corrected chi connectivity index (χ3v) is 2.52. The first-order valence-corrected chi connectivity index (χ1v) is 4.96. The minimum atomic E-state index is -0.661. The number of nitrogens with zero attached hydrogens (tertiary/aromatic N) is 2. The van der Waals surface area contributed by atoms with Gasteiger partial charge in [-0.2, -0.15) is 0 Å². The number of ketones is 1. The second-order valence-electron chi connectivity index (χ2n) is 3.59. The van der Waals surface area contributed by atoms with Gasteiger partial charge in [0.05, 0.1) is 11.0 Å². The van der Waals surface area contributed by atoms with Gasteiger partial charge in [0, 0.05) is 17.9 Å². The fourth-order valence-electron chi connectivity index (χ4n) is 1.77. The molecule has 1 heterocycles. The Hall–Kier alpha value is -2.21. The molecule has 1 aromatic heterocycles. The maximum absolute atomic E-state index is 11.9. The van der Waals surface area contributed by atoms with Crippen LogP contribution in [0.5, 0.6) is 0 Å². The molecule has 0 saturated heterocycles. The number of benzene rings is 1. The highest BCUT2D eigenvalue weighted by Gasteiger charge is 2.25. The number of carbonyl (C=O) groups is 1. The number of hydrogen-bond donors (Lipinski definition) is 1. The van der Waals surface area contributed by atoms with Crippen molar-refractivity contribution in [1.29, 1.82) is 0 Å². The molecule has 1 aromatic carbocycles. The van der Waals surface area contributed by atoms with Crippen LogP contribution in [-0.2, 0) is 6.61 Å². The van der Waals surface area contributed by atoms with E-state index in [1.165, 1.54) is 19.1 Å². The molecule has 0 spiro atoms. The number of fused-ring (bicyclic) bond motifs is 1. The summed E-state index contributed by atoms with van der Waals surface area (Å²) in [6, 6.07) is 6.11. The largest absolute Gasteiger partial charge is 0.805 e. The van der Waals surface area contributed by atoms with Crippen LogP contribution in [0.15, 0.2) is 24.3 Å². The number of Topliss-reactive ketones (excluding diaryl/α,β-unsaturated/α-hetero) is 1. The Morgan fingerprint density at radius 1 is 1.47 bits per heavy atom. The maximum Gasteiger partial charge on any atom is 0.327 e. The number of para-hydroxylation sites is 2. The topological polar surface area (TPSA) is 88.3 Å². The number of aromatic nitrogens is 2. The molecule has 0 radical (unpaired) electrons. The third-order valence-electron chi connectivity index (χ3n) is 2.52. The van der Waals surface area contributed by atoms with Crippen molar-refractivity contribution in [2.24, 2.45) is 0 Å². The van der Waals surface area contributed by atoms with Crippen LogP contribution >= 0.6 is 0 Å². The molecule has 17 heavy (non-hydrogen) atoms. The Balaban J connectivity index is 3.05. The molecule has 0 aliphatic rings. The molecule has 0 unspecified atom stereocenters. The minimum absolute atomic E-state index is 0.102. The summed E-state index contributed by atoms with van der Waals surface area (Å²) >= 11 is 0. The molecule has 1 N–H and O–H groups in total. The number of rotatable bonds is 2. The zero-order valence-corrected chi connectivity index (χ0v) is 9.08. The highest BCUT2D eigenvalue weighted by Crippen LogP contribution is 2.14. The van der Waals surface area contributed by atoms with Crippen molar-refractivity contribution in [2.75, 3.05) is 0 Å². The zero-order valence-electron chi connectivity index (χ0n) is 9.08. The molecule has 0 aliphatic heterocycles. The smallest absolute Gasteiger partial charge is 0.327 e. The minimum Gasteiger partial charge on any atom is -0.805 e. The van der Waals surface area contributed by atoms with Crippen molar-refractivity contribution in [3.63, 3.8) is 0 Å². The van der Waals surface area contributed by atoms with Crippen molar-refractivity contribution >= 4 is 16.8 Å². The molecular weight excluding hydrogens is 224 g/mol. The van der Waals surface area contributed by atoms with Crippen LogP contribution < -0.4 is 4.43 Å². The molecule has 2 rings (SSSR count). The van der Waals surface area contributed by atoms with Crippen molar-refractivity contribution in [3.05, 3.63) is 45.8 Å². The van der Waals surface area contributed by atoms with Gasteiger partial charge in [0.1, 0.15) is 11.2 Å². The molecule has 6 heteroatoms. The normalized spacial score (nSPS) is 10.7. The van der Waals surface area contributed by atoms with Crippen molar-refractivity contribution in [3.8, 4) is 0 Å². The van der Waals surface area contributed by atoms with Gasteiger partial charge in [0.25, 0.3) is 5.52 Å². The van der Waals surface area contributed by atoms with E-state index < -0.39 is 12.4 Å². The van der Waals surface area contributed by atoms with Crippen LogP contribution in [0.3, 0.4) is 0 Å². The Morgan fingerprint density at radius 3 is 2.71 bits per heavy atom. The molecule has 0 saturated carbocycles. The van der Waals surface area contributed by atoms with Crippen LogP contribution in [0.2, 0.25) is 0 Å². The molecule has 6 nitrogen and oxygen atoms in total. The summed E-state index contributed by atoms with van der Waals surface area (Å²) in [4.78, 5) is 23.3. The summed E-state index contributed by atoms with van der Waals surface area (Å²) in [5, 5.41) is 21.0. The lowest BCUT2D eigenvalue weighted by atomic mass is 10.2. The molecule has 0 atom stereocenters. The molecule has 0 bridgehead atoms. The Morgan fingerprint density at radius 2 is 2.12 bits per heavy atom. The van der Waals surface area contributed by atoms with Crippen LogP contribution in [0.25, 0.3) is 11.0 Å². The Labute approximate surface area is 95.9 Å². The summed E-state index contributed by atoms with van der Waals surface area (Å²) < 4.78 is 0.804. The predicted octanol–water partition coefficient (Wildman–Crippen LogP) is 0.597. The quantitative estimate of drug-likeness (QED) is 0.608. The van der Waals surface area contributed by atoms with Crippen LogP contribution in [0.4, 0.5) is 0 Å². The van der Waals surface area contributed by atoms with E-state index in [9.17, 15) is 14.9 Å². The number of hydrogen-bond acceptors (Lipinski definition) is 4. The molecular formula is C11H10N2O4. The van der Waals surface area contributed by atoms with Crippen LogP contribution in [-0.4, -0.2) is 15.6 Å². The summed E-state index contributed by atoms with van der Waals surface area (Å²) in [6.07, 6.45) is 0. The average Bonchev–Trinajstić information content (AvgIpc) is 2.33. The van der Waals surface area contributed by atoms with Gasteiger partial charge in [0.15, 0.2) is 0 Å². The second kappa shape index (κ2) is 3.99. The summed E-state index contributed by atoms with van der Waals surface area (Å²) in [5.74, 6) is -0.556. The molecule has 0 aliphatic carbocycles. The maximum atomic E-state index is 11.9. The number of aliphatic hydroxyl groups is 1. The Kier molecular flexibility index (Phi) is 2.64. The standard InChI is InChI=1S/C11H10N2O4/c1-7(15)11-10(6-14)12(16)8-4-2-3-5-9(8)13(11)17/h2-5,14H,6H2,1H3. The van der Waals surface area contributed by atoms with E-state index in [2.05, 4.69) is 0 Å². The first-order valence-electron chi connectivity index (χ1n) is 4.96. The lowest BCUT2D eigenvalue weighted by Crippen LogP contribution is -2.30. The molecule has 88 valence electrons. The molecule has 0 fully saturated rings. The fraction of sp³-hybridized carbons (Fsp3) is 0.182. The zero-order chi connectivity index (χ0) is 12.6. The first kappa shape index (κ1) is 11.3. The summed E-state index contributed by atoms with van der Waals surface area (Å²) in [6.45, 7) is 0.517. The fourth-order valence-corrected chi connectivity index (χ4v) is 1.77.